The van der Waals surface area contributed by atoms with E-state index in [1.165, 1.54) is 30.3 Å². The number of rotatable bonds is 5. The van der Waals surface area contributed by atoms with Crippen LogP contribution in [0, 0.1) is 11.3 Å². The number of hydrogen-bond acceptors (Lipinski definition) is 4. The van der Waals surface area contributed by atoms with Crippen molar-refractivity contribution in [2.24, 2.45) is 0 Å². The Balaban J connectivity index is 0.00000312. The summed E-state index contributed by atoms with van der Waals surface area (Å²) in [6, 6.07) is 7.72. The number of carbonyl (C=O) groups is 1. The molecule has 0 spiro atoms. The lowest BCUT2D eigenvalue weighted by atomic mass is 10.1. The minimum atomic E-state index is -2.88. The summed E-state index contributed by atoms with van der Waals surface area (Å²) in [5.74, 6) is -0.274. The normalized spacial score (nSPS) is 15.5. The van der Waals surface area contributed by atoms with Crippen molar-refractivity contribution in [3.63, 3.8) is 0 Å². The maximum atomic E-state index is 12.4. The van der Waals surface area contributed by atoms with E-state index in [4.69, 9.17) is 0 Å². The van der Waals surface area contributed by atoms with Crippen molar-refractivity contribution >= 4 is 24.4 Å². The van der Waals surface area contributed by atoms with Crippen molar-refractivity contribution in [1.29, 1.82) is 5.26 Å². The number of nitriles is 1. The minimum absolute atomic E-state index is 0. The van der Waals surface area contributed by atoms with Crippen LogP contribution in [-0.4, -0.2) is 55.0 Å². The summed E-state index contributed by atoms with van der Waals surface area (Å²) in [7, 11) is 0. The van der Waals surface area contributed by atoms with Gasteiger partial charge in [-0.05, 0) is 30.3 Å². The van der Waals surface area contributed by atoms with Crippen molar-refractivity contribution < 1.29 is 18.3 Å². The van der Waals surface area contributed by atoms with E-state index >= 15 is 0 Å². The molecular formula is C17H20ClF2N3O2. The van der Waals surface area contributed by atoms with E-state index in [0.29, 0.717) is 18.7 Å². The van der Waals surface area contributed by atoms with Crippen molar-refractivity contribution in [1.82, 2.24) is 9.80 Å². The van der Waals surface area contributed by atoms with Gasteiger partial charge in [0.1, 0.15) is 17.4 Å². The number of amides is 1. The monoisotopic (exact) mass is 371 g/mol. The molecule has 1 fully saturated rings. The number of piperazine rings is 1. The minimum Gasteiger partial charge on any atom is -0.435 e. The Morgan fingerprint density at radius 1 is 1.28 bits per heavy atom. The van der Waals surface area contributed by atoms with Crippen LogP contribution >= 0.6 is 12.4 Å². The Morgan fingerprint density at radius 3 is 2.36 bits per heavy atom. The number of halogens is 3. The van der Waals surface area contributed by atoms with Crippen molar-refractivity contribution in [3.8, 4) is 11.8 Å². The first kappa shape index (κ1) is 20.9. The molecule has 0 unspecified atom stereocenters. The summed E-state index contributed by atoms with van der Waals surface area (Å²) in [6.45, 7) is 2.89. The summed E-state index contributed by atoms with van der Waals surface area (Å²) < 4.78 is 28.5. The van der Waals surface area contributed by atoms with Gasteiger partial charge in [0.25, 0.3) is 5.91 Å². The molecule has 0 N–H and O–H groups in total. The van der Waals surface area contributed by atoms with Gasteiger partial charge >= 0.3 is 6.61 Å². The number of ether oxygens (including phenoxy) is 1. The fourth-order valence-electron chi connectivity index (χ4n) is 2.49. The number of nitrogens with zero attached hydrogens (tertiary/aromatic N) is 3. The van der Waals surface area contributed by atoms with Crippen LogP contribution < -0.4 is 4.74 Å². The SMILES string of the molecule is CCN1CCN(C(=O)C(C#N)=Cc2ccc(OC(F)F)cc2)CC1.Cl. The van der Waals surface area contributed by atoms with Gasteiger partial charge in [0.15, 0.2) is 0 Å². The zero-order valence-electron chi connectivity index (χ0n) is 13.8. The molecule has 1 aromatic rings. The van der Waals surface area contributed by atoms with Crippen LogP contribution in [0.4, 0.5) is 8.78 Å². The third-order valence-electron chi connectivity index (χ3n) is 3.87. The predicted octanol–water partition coefficient (Wildman–Crippen LogP) is 2.78. The molecule has 0 aromatic heterocycles. The lowest BCUT2D eigenvalue weighted by Gasteiger charge is -2.33. The molecule has 0 bridgehead atoms. The van der Waals surface area contributed by atoms with E-state index in [-0.39, 0.29) is 29.6 Å². The molecular weight excluding hydrogens is 352 g/mol. The molecule has 1 aliphatic rings. The molecule has 5 nitrogen and oxygen atoms in total. The number of hydrogen-bond donors (Lipinski definition) is 0. The Bertz CT molecular complexity index is 636. The summed E-state index contributed by atoms with van der Waals surface area (Å²) in [5.41, 5.74) is 0.608. The van der Waals surface area contributed by atoms with Gasteiger partial charge in [-0.2, -0.15) is 14.0 Å². The van der Waals surface area contributed by atoms with E-state index in [2.05, 4.69) is 16.6 Å². The highest BCUT2D eigenvalue weighted by Crippen LogP contribution is 2.17. The quantitative estimate of drug-likeness (QED) is 0.590. The second-order valence-electron chi connectivity index (χ2n) is 5.34. The summed E-state index contributed by atoms with van der Waals surface area (Å²) in [4.78, 5) is 16.3. The zero-order valence-corrected chi connectivity index (χ0v) is 14.6. The number of benzene rings is 1. The fraction of sp³-hybridized carbons (Fsp3) is 0.412. The molecule has 1 saturated heterocycles. The molecule has 25 heavy (non-hydrogen) atoms. The molecule has 0 aliphatic carbocycles. The maximum Gasteiger partial charge on any atom is 0.387 e. The maximum absolute atomic E-state index is 12.4. The fourth-order valence-corrected chi connectivity index (χ4v) is 2.49. The summed E-state index contributed by atoms with van der Waals surface area (Å²) >= 11 is 0. The highest BCUT2D eigenvalue weighted by Gasteiger charge is 2.22. The van der Waals surface area contributed by atoms with Crippen molar-refractivity contribution in [2.75, 3.05) is 32.7 Å². The van der Waals surface area contributed by atoms with Crippen LogP contribution in [0.2, 0.25) is 0 Å². The average Bonchev–Trinajstić information content (AvgIpc) is 2.60. The molecule has 0 atom stereocenters. The first-order valence-corrected chi connectivity index (χ1v) is 7.71. The molecule has 136 valence electrons. The van der Waals surface area contributed by atoms with E-state index in [0.717, 1.165) is 19.6 Å². The summed E-state index contributed by atoms with van der Waals surface area (Å²) in [5, 5.41) is 9.26. The van der Waals surface area contributed by atoms with Gasteiger partial charge in [-0.3, -0.25) is 4.79 Å². The van der Waals surface area contributed by atoms with Crippen LogP contribution in [0.25, 0.3) is 6.08 Å². The lowest BCUT2D eigenvalue weighted by Crippen LogP contribution is -2.48. The van der Waals surface area contributed by atoms with Crippen LogP contribution in [0.1, 0.15) is 12.5 Å². The van der Waals surface area contributed by atoms with E-state index in [1.54, 1.807) is 4.90 Å². The number of alkyl halides is 2. The zero-order chi connectivity index (χ0) is 17.5. The van der Waals surface area contributed by atoms with Gasteiger partial charge in [-0.25, -0.2) is 0 Å². The first-order valence-electron chi connectivity index (χ1n) is 7.71. The molecule has 1 aromatic carbocycles. The van der Waals surface area contributed by atoms with Crippen molar-refractivity contribution in [2.45, 2.75) is 13.5 Å². The van der Waals surface area contributed by atoms with Crippen LogP contribution in [0.5, 0.6) is 5.75 Å². The summed E-state index contributed by atoms with van der Waals surface area (Å²) in [6.07, 6.45) is 1.46. The van der Waals surface area contributed by atoms with Crippen LogP contribution in [0.3, 0.4) is 0 Å². The molecule has 0 radical (unpaired) electrons. The van der Waals surface area contributed by atoms with Gasteiger partial charge in [-0.15, -0.1) is 12.4 Å². The second-order valence-corrected chi connectivity index (χ2v) is 5.34. The first-order chi connectivity index (χ1) is 11.5. The largest absolute Gasteiger partial charge is 0.435 e. The lowest BCUT2D eigenvalue weighted by molar-refractivity contribution is -0.128. The molecule has 1 aliphatic heterocycles. The average molecular weight is 372 g/mol. The predicted molar refractivity (Wildman–Crippen MR) is 92.6 cm³/mol. The van der Waals surface area contributed by atoms with Gasteiger partial charge in [0, 0.05) is 26.2 Å². The van der Waals surface area contributed by atoms with Gasteiger partial charge in [-0.1, -0.05) is 19.1 Å². The van der Waals surface area contributed by atoms with Gasteiger partial charge < -0.3 is 14.5 Å². The van der Waals surface area contributed by atoms with E-state index < -0.39 is 6.61 Å². The molecule has 0 saturated carbocycles. The molecule has 8 heteroatoms. The molecule has 2 rings (SSSR count). The smallest absolute Gasteiger partial charge is 0.387 e. The second kappa shape index (κ2) is 9.97. The van der Waals surface area contributed by atoms with Crippen LogP contribution in [0.15, 0.2) is 29.8 Å². The standard InChI is InChI=1S/C17H19F2N3O2.ClH/c1-2-21-7-9-22(10-8-21)16(23)14(12-20)11-13-3-5-15(6-4-13)24-17(18)19;/h3-6,11,17H,2,7-10H2,1H3;1H. The van der Waals surface area contributed by atoms with Gasteiger partial charge in [0.05, 0.1) is 0 Å². The highest BCUT2D eigenvalue weighted by atomic mass is 35.5. The topological polar surface area (TPSA) is 56.6 Å². The third kappa shape index (κ3) is 6.00. The van der Waals surface area contributed by atoms with E-state index in [9.17, 15) is 18.8 Å². The Hall–Kier alpha value is -2.17. The van der Waals surface area contributed by atoms with E-state index in [1.807, 2.05) is 6.07 Å². The highest BCUT2D eigenvalue weighted by molar-refractivity contribution is 6.01. The van der Waals surface area contributed by atoms with Crippen LogP contribution in [-0.2, 0) is 4.79 Å². The van der Waals surface area contributed by atoms with Crippen molar-refractivity contribution in [3.05, 3.63) is 35.4 Å². The Morgan fingerprint density at radius 2 is 1.88 bits per heavy atom. The Kier molecular flexibility index (Phi) is 8.32. The van der Waals surface area contributed by atoms with Gasteiger partial charge in [0.2, 0.25) is 0 Å². The number of likely N-dealkylation sites (N-methyl/N-ethyl adjacent to an activating group) is 1. The molecule has 1 heterocycles. The molecule has 1 amide bonds. The third-order valence-corrected chi connectivity index (χ3v) is 3.87. The number of carbonyl (C=O) groups excluding carboxylic acids is 1. The Labute approximate surface area is 151 Å².